The molecular formula is C14H11NO2S. The average molecular weight is 257 g/mol. The summed E-state index contributed by atoms with van der Waals surface area (Å²) in [5, 5.41) is 9.16. The van der Waals surface area contributed by atoms with E-state index in [0.717, 1.165) is 21.0 Å². The van der Waals surface area contributed by atoms with Gasteiger partial charge in [0, 0.05) is 11.4 Å². The Morgan fingerprint density at radius 2 is 2.06 bits per heavy atom. The lowest BCUT2D eigenvalue weighted by molar-refractivity contribution is 0.202. The van der Waals surface area contributed by atoms with E-state index in [1.165, 1.54) is 4.90 Å². The summed E-state index contributed by atoms with van der Waals surface area (Å²) in [7, 11) is 0. The average Bonchev–Trinajstić information content (AvgIpc) is 2.83. The first kappa shape index (κ1) is 11.0. The minimum atomic E-state index is -0.905. The Kier molecular flexibility index (Phi) is 2.64. The Bertz CT molecular complexity index is 616. The largest absolute Gasteiger partial charge is 0.465 e. The number of fused-ring (bicyclic) bond motifs is 1. The van der Waals surface area contributed by atoms with E-state index in [-0.39, 0.29) is 0 Å². The van der Waals surface area contributed by atoms with Crippen LogP contribution in [0.4, 0.5) is 10.5 Å². The van der Waals surface area contributed by atoms with Gasteiger partial charge in [-0.3, -0.25) is 4.90 Å². The van der Waals surface area contributed by atoms with Crippen LogP contribution in [0.2, 0.25) is 0 Å². The lowest BCUT2D eigenvalue weighted by Gasteiger charge is -2.19. The van der Waals surface area contributed by atoms with Gasteiger partial charge in [-0.05, 0) is 17.7 Å². The van der Waals surface area contributed by atoms with Crippen LogP contribution in [0, 0.1) is 0 Å². The summed E-state index contributed by atoms with van der Waals surface area (Å²) in [6, 6.07) is 12.0. The number of benzene rings is 1. The maximum Gasteiger partial charge on any atom is 0.412 e. The minimum absolute atomic E-state index is 0.424. The van der Waals surface area contributed by atoms with Gasteiger partial charge in [0.05, 0.1) is 10.6 Å². The van der Waals surface area contributed by atoms with Gasteiger partial charge in [0.2, 0.25) is 0 Å². The van der Waals surface area contributed by atoms with Crippen LogP contribution in [0.15, 0.2) is 42.5 Å². The van der Waals surface area contributed by atoms with Gasteiger partial charge in [0.1, 0.15) is 0 Å². The summed E-state index contributed by atoms with van der Waals surface area (Å²) >= 11 is 1.62. The molecule has 1 amide bonds. The Labute approximate surface area is 109 Å². The molecule has 90 valence electrons. The van der Waals surface area contributed by atoms with Gasteiger partial charge in [-0.2, -0.15) is 0 Å². The Balaban J connectivity index is 2.07. The van der Waals surface area contributed by atoms with Crippen molar-refractivity contribution in [2.45, 2.75) is 0 Å². The second-order valence-electron chi connectivity index (χ2n) is 4.02. The third kappa shape index (κ3) is 1.80. The van der Waals surface area contributed by atoms with Crippen molar-refractivity contribution in [3.63, 3.8) is 0 Å². The number of amides is 1. The molecule has 2 aromatic rings. The molecule has 3 rings (SSSR count). The lowest BCUT2D eigenvalue weighted by Crippen LogP contribution is -2.30. The topological polar surface area (TPSA) is 40.5 Å². The van der Waals surface area contributed by atoms with Gasteiger partial charge in [-0.15, -0.1) is 11.3 Å². The van der Waals surface area contributed by atoms with E-state index in [0.29, 0.717) is 6.54 Å². The molecule has 0 unspecified atom stereocenters. The maximum absolute atomic E-state index is 11.2. The molecule has 1 N–H and O–H groups in total. The van der Waals surface area contributed by atoms with Crippen molar-refractivity contribution in [2.75, 3.05) is 11.4 Å². The van der Waals surface area contributed by atoms with Crippen LogP contribution in [0.25, 0.3) is 16.5 Å². The fourth-order valence-electron chi connectivity index (χ4n) is 2.02. The third-order valence-electron chi connectivity index (χ3n) is 2.88. The van der Waals surface area contributed by atoms with E-state index in [4.69, 9.17) is 5.11 Å². The minimum Gasteiger partial charge on any atom is -0.465 e. The van der Waals surface area contributed by atoms with E-state index >= 15 is 0 Å². The van der Waals surface area contributed by atoms with Crippen molar-refractivity contribution in [2.24, 2.45) is 0 Å². The number of thiophene rings is 1. The van der Waals surface area contributed by atoms with Crippen LogP contribution in [-0.2, 0) is 0 Å². The van der Waals surface area contributed by atoms with E-state index in [2.05, 4.69) is 0 Å². The van der Waals surface area contributed by atoms with Crippen molar-refractivity contribution < 1.29 is 9.90 Å². The van der Waals surface area contributed by atoms with Gasteiger partial charge >= 0.3 is 6.09 Å². The molecule has 0 radical (unpaired) electrons. The number of carbonyl (C=O) groups is 1. The highest BCUT2D eigenvalue weighted by atomic mass is 32.1. The first-order valence-electron chi connectivity index (χ1n) is 5.62. The quantitative estimate of drug-likeness (QED) is 0.841. The fraction of sp³-hybridized carbons (Fsp3) is 0.0714. The first-order valence-corrected chi connectivity index (χ1v) is 6.43. The molecule has 0 saturated heterocycles. The Morgan fingerprint density at radius 1 is 1.28 bits per heavy atom. The molecule has 1 aromatic heterocycles. The van der Waals surface area contributed by atoms with Crippen LogP contribution in [0.3, 0.4) is 0 Å². The number of anilines is 1. The summed E-state index contributed by atoms with van der Waals surface area (Å²) in [5.74, 6) is 0. The highest BCUT2D eigenvalue weighted by molar-refractivity contribution is 7.17. The van der Waals surface area contributed by atoms with Crippen molar-refractivity contribution in [3.05, 3.63) is 47.4 Å². The number of hydrogen-bond donors (Lipinski definition) is 1. The molecule has 0 saturated carbocycles. The Hall–Kier alpha value is -2.07. The van der Waals surface area contributed by atoms with Gasteiger partial charge < -0.3 is 5.11 Å². The summed E-state index contributed by atoms with van der Waals surface area (Å²) in [5.41, 5.74) is 1.91. The van der Waals surface area contributed by atoms with E-state index in [1.54, 1.807) is 11.3 Å². The molecule has 2 heterocycles. The summed E-state index contributed by atoms with van der Waals surface area (Å²) in [4.78, 5) is 14.6. The molecule has 3 nitrogen and oxygen atoms in total. The zero-order valence-electron chi connectivity index (χ0n) is 9.54. The first-order chi connectivity index (χ1) is 8.75. The third-order valence-corrected chi connectivity index (χ3v) is 4.02. The Morgan fingerprint density at radius 3 is 2.78 bits per heavy atom. The normalized spacial score (nSPS) is 13.4. The van der Waals surface area contributed by atoms with E-state index < -0.39 is 6.09 Å². The second kappa shape index (κ2) is 4.31. The molecule has 1 aliphatic heterocycles. The van der Waals surface area contributed by atoms with Crippen molar-refractivity contribution in [1.29, 1.82) is 0 Å². The highest BCUT2D eigenvalue weighted by Gasteiger charge is 2.21. The molecule has 0 atom stereocenters. The summed E-state index contributed by atoms with van der Waals surface area (Å²) in [6.07, 6.45) is 2.96. The molecule has 1 aromatic carbocycles. The number of nitrogens with zero attached hydrogens (tertiary/aromatic N) is 1. The fourth-order valence-corrected chi connectivity index (χ4v) is 3.11. The van der Waals surface area contributed by atoms with Gasteiger partial charge in [0.15, 0.2) is 0 Å². The summed E-state index contributed by atoms with van der Waals surface area (Å²) in [6.45, 7) is 0.424. The predicted octanol–water partition coefficient (Wildman–Crippen LogP) is 3.93. The summed E-state index contributed by atoms with van der Waals surface area (Å²) < 4.78 is 0. The van der Waals surface area contributed by atoms with Crippen molar-refractivity contribution in [1.82, 2.24) is 0 Å². The molecule has 18 heavy (non-hydrogen) atoms. The molecule has 0 fully saturated rings. The van der Waals surface area contributed by atoms with Crippen molar-refractivity contribution in [3.8, 4) is 10.4 Å². The number of rotatable bonds is 1. The standard InChI is InChI=1S/C14H11NO2S/c16-14(17)15-8-4-7-12-11(15)9-13(18-12)10-5-2-1-3-6-10/h1-7,9H,8H2,(H,16,17). The number of carboxylic acid groups (broad SMARTS) is 1. The van der Waals surface area contributed by atoms with Crippen LogP contribution >= 0.6 is 11.3 Å². The monoisotopic (exact) mass is 257 g/mol. The molecule has 0 spiro atoms. The highest BCUT2D eigenvalue weighted by Crippen LogP contribution is 2.39. The van der Waals surface area contributed by atoms with E-state index in [1.807, 2.05) is 48.6 Å². The van der Waals surface area contributed by atoms with Gasteiger partial charge in [0.25, 0.3) is 0 Å². The zero-order valence-corrected chi connectivity index (χ0v) is 10.4. The lowest BCUT2D eigenvalue weighted by atomic mass is 10.1. The van der Waals surface area contributed by atoms with Crippen LogP contribution < -0.4 is 4.90 Å². The maximum atomic E-state index is 11.2. The SMILES string of the molecule is O=C(O)N1CC=Cc2sc(-c3ccccc3)cc21. The van der Waals surface area contributed by atoms with Crippen LogP contribution in [-0.4, -0.2) is 17.7 Å². The molecule has 4 heteroatoms. The van der Waals surface area contributed by atoms with E-state index in [9.17, 15) is 4.79 Å². The molecule has 1 aliphatic rings. The van der Waals surface area contributed by atoms with Gasteiger partial charge in [-0.25, -0.2) is 4.79 Å². The second-order valence-corrected chi connectivity index (χ2v) is 5.11. The molecule has 0 bridgehead atoms. The van der Waals surface area contributed by atoms with Gasteiger partial charge in [-0.1, -0.05) is 36.4 Å². The molecule has 0 aliphatic carbocycles. The number of hydrogen-bond acceptors (Lipinski definition) is 2. The van der Waals surface area contributed by atoms with Crippen LogP contribution in [0.1, 0.15) is 4.88 Å². The smallest absolute Gasteiger partial charge is 0.412 e. The predicted molar refractivity (Wildman–Crippen MR) is 74.2 cm³/mol. The van der Waals surface area contributed by atoms with Crippen molar-refractivity contribution >= 4 is 29.2 Å². The zero-order chi connectivity index (χ0) is 12.5. The van der Waals surface area contributed by atoms with Crippen LogP contribution in [0.5, 0.6) is 0 Å². The molecular weight excluding hydrogens is 246 g/mol.